The van der Waals surface area contributed by atoms with Gasteiger partial charge in [0.25, 0.3) is 0 Å². The smallest absolute Gasteiger partial charge is 0.398 e. The predicted molar refractivity (Wildman–Crippen MR) is 93.5 cm³/mol. The second kappa shape index (κ2) is 8.66. The largest absolute Gasteiger partial charge is 0.481 e. The molecule has 1 saturated carbocycles. The molecule has 26 heavy (non-hydrogen) atoms. The lowest BCUT2D eigenvalue weighted by molar-refractivity contribution is -0.142. The number of carboxylic acid groups (broad SMARTS) is 1. The summed E-state index contributed by atoms with van der Waals surface area (Å²) in [5.74, 6) is -2.23. The highest BCUT2D eigenvalue weighted by Crippen LogP contribution is 2.33. The highest BCUT2D eigenvalue weighted by atomic mass is 32.2. The number of nitrogens with one attached hydrogen (secondary N) is 2. The summed E-state index contributed by atoms with van der Waals surface area (Å²) in [5, 5.41) is 14.4. The van der Waals surface area contributed by atoms with E-state index in [2.05, 4.69) is 10.6 Å². The van der Waals surface area contributed by atoms with Gasteiger partial charge in [-0.2, -0.15) is 13.2 Å². The summed E-state index contributed by atoms with van der Waals surface area (Å²) in [6, 6.07) is 4.23. The molecular formula is C17H21F3N2O3S. The van der Waals surface area contributed by atoms with Crippen molar-refractivity contribution >= 4 is 29.4 Å². The molecule has 0 saturated heterocycles. The number of halogens is 3. The van der Waals surface area contributed by atoms with Crippen LogP contribution in [0.1, 0.15) is 31.2 Å². The van der Waals surface area contributed by atoms with Gasteiger partial charge in [0.2, 0.25) is 0 Å². The minimum absolute atomic E-state index is 0.137. The molecule has 1 aliphatic rings. The molecule has 0 heterocycles. The Balaban J connectivity index is 1.94. The number of benzene rings is 1. The van der Waals surface area contributed by atoms with Crippen molar-refractivity contribution in [2.75, 3.05) is 11.1 Å². The monoisotopic (exact) mass is 390 g/mol. The number of amides is 2. The Morgan fingerprint density at radius 1 is 1.23 bits per heavy atom. The maximum atomic E-state index is 12.4. The normalized spacial score (nSPS) is 20.5. The van der Waals surface area contributed by atoms with E-state index in [1.807, 2.05) is 0 Å². The van der Waals surface area contributed by atoms with Crippen LogP contribution in [0, 0.1) is 12.8 Å². The Morgan fingerprint density at radius 2 is 1.88 bits per heavy atom. The average molecular weight is 390 g/mol. The molecule has 0 aromatic heterocycles. The number of aliphatic carboxylic acids is 1. The Bertz CT molecular complexity index is 659. The maximum absolute atomic E-state index is 12.4. The fourth-order valence-corrected chi connectivity index (χ4v) is 3.60. The summed E-state index contributed by atoms with van der Waals surface area (Å²) in [5.41, 5.74) is 1.15. The number of rotatable bonds is 5. The molecule has 0 spiro atoms. The third kappa shape index (κ3) is 6.44. The van der Waals surface area contributed by atoms with Crippen molar-refractivity contribution in [1.29, 1.82) is 0 Å². The zero-order chi connectivity index (χ0) is 19.3. The summed E-state index contributed by atoms with van der Waals surface area (Å²) in [6.07, 6.45) is -2.17. The van der Waals surface area contributed by atoms with Crippen LogP contribution in [0.25, 0.3) is 0 Å². The molecule has 1 aromatic carbocycles. The molecule has 1 aromatic rings. The van der Waals surface area contributed by atoms with Gasteiger partial charge in [0, 0.05) is 10.9 Å². The lowest BCUT2D eigenvalue weighted by atomic mass is 9.86. The highest BCUT2D eigenvalue weighted by molar-refractivity contribution is 7.99. The van der Waals surface area contributed by atoms with Gasteiger partial charge in [-0.1, -0.05) is 6.07 Å². The van der Waals surface area contributed by atoms with Crippen molar-refractivity contribution in [1.82, 2.24) is 5.32 Å². The van der Waals surface area contributed by atoms with Gasteiger partial charge in [-0.25, -0.2) is 4.79 Å². The topological polar surface area (TPSA) is 78.4 Å². The van der Waals surface area contributed by atoms with Crippen LogP contribution in [-0.4, -0.2) is 35.1 Å². The van der Waals surface area contributed by atoms with Gasteiger partial charge in [0.05, 0.1) is 17.4 Å². The molecule has 5 nitrogen and oxygen atoms in total. The van der Waals surface area contributed by atoms with Crippen LogP contribution in [0.2, 0.25) is 0 Å². The van der Waals surface area contributed by atoms with Crippen LogP contribution in [0.15, 0.2) is 23.1 Å². The van der Waals surface area contributed by atoms with E-state index in [1.54, 1.807) is 25.1 Å². The number of hydrogen-bond acceptors (Lipinski definition) is 3. The maximum Gasteiger partial charge on any atom is 0.398 e. The van der Waals surface area contributed by atoms with E-state index in [4.69, 9.17) is 5.11 Å². The Kier molecular flexibility index (Phi) is 6.80. The lowest BCUT2D eigenvalue weighted by Gasteiger charge is -2.27. The molecule has 0 aliphatic heterocycles. The molecule has 0 radical (unpaired) electrons. The van der Waals surface area contributed by atoms with Crippen molar-refractivity contribution in [3.05, 3.63) is 23.8 Å². The Labute approximate surface area is 153 Å². The second-order valence-electron chi connectivity index (χ2n) is 6.39. The number of thioether (sulfide) groups is 1. The molecule has 0 atom stereocenters. The van der Waals surface area contributed by atoms with Crippen molar-refractivity contribution in [3.63, 3.8) is 0 Å². The molecule has 1 aliphatic carbocycles. The minimum Gasteiger partial charge on any atom is -0.481 e. The second-order valence-corrected chi connectivity index (χ2v) is 7.41. The summed E-state index contributed by atoms with van der Waals surface area (Å²) in [6.45, 7) is 1.79. The number of urea groups is 1. The first-order valence-electron chi connectivity index (χ1n) is 8.24. The molecule has 0 bridgehead atoms. The van der Waals surface area contributed by atoms with Crippen molar-refractivity contribution in [3.8, 4) is 0 Å². The number of alkyl halides is 3. The van der Waals surface area contributed by atoms with Crippen molar-refractivity contribution in [2.24, 2.45) is 5.92 Å². The summed E-state index contributed by atoms with van der Waals surface area (Å²) in [7, 11) is 0. The summed E-state index contributed by atoms with van der Waals surface area (Å²) in [4.78, 5) is 23.5. The third-order valence-corrected chi connectivity index (χ3v) is 5.32. The third-order valence-electron chi connectivity index (χ3n) is 4.19. The summed E-state index contributed by atoms with van der Waals surface area (Å²) < 4.78 is 37.3. The van der Waals surface area contributed by atoms with Crippen LogP contribution in [0.5, 0.6) is 0 Å². The molecule has 2 amide bonds. The number of aryl methyl sites for hydroxylation is 1. The van der Waals surface area contributed by atoms with Crippen LogP contribution in [-0.2, 0) is 4.79 Å². The number of hydrogen-bond donors (Lipinski definition) is 3. The highest BCUT2D eigenvalue weighted by Gasteiger charge is 2.28. The van der Waals surface area contributed by atoms with Gasteiger partial charge in [-0.05, 0) is 50.3 Å². The van der Waals surface area contributed by atoms with Gasteiger partial charge < -0.3 is 15.7 Å². The van der Waals surface area contributed by atoms with E-state index in [0.29, 0.717) is 48.0 Å². The van der Waals surface area contributed by atoms with Gasteiger partial charge in [0.15, 0.2) is 0 Å². The van der Waals surface area contributed by atoms with Gasteiger partial charge >= 0.3 is 18.2 Å². The summed E-state index contributed by atoms with van der Waals surface area (Å²) >= 11 is 0.621. The Morgan fingerprint density at radius 3 is 2.46 bits per heavy atom. The first kappa shape index (κ1) is 20.4. The Hall–Kier alpha value is -1.90. The van der Waals surface area contributed by atoms with Crippen molar-refractivity contribution in [2.45, 2.75) is 49.7 Å². The van der Waals surface area contributed by atoms with E-state index in [0.717, 1.165) is 5.56 Å². The van der Waals surface area contributed by atoms with Gasteiger partial charge in [-0.15, -0.1) is 11.8 Å². The van der Waals surface area contributed by atoms with Crippen LogP contribution < -0.4 is 10.6 Å². The number of anilines is 1. The van der Waals surface area contributed by atoms with Crippen LogP contribution in [0.4, 0.5) is 23.7 Å². The fraction of sp³-hybridized carbons (Fsp3) is 0.529. The molecular weight excluding hydrogens is 369 g/mol. The number of carbonyl (C=O) groups is 2. The number of carboxylic acids is 1. The van der Waals surface area contributed by atoms with E-state index >= 15 is 0 Å². The molecule has 1 fully saturated rings. The zero-order valence-electron chi connectivity index (χ0n) is 14.2. The first-order chi connectivity index (χ1) is 12.1. The molecule has 2 rings (SSSR count). The van der Waals surface area contributed by atoms with Gasteiger partial charge in [0.1, 0.15) is 0 Å². The SMILES string of the molecule is Cc1ccc(SCC(F)(F)F)c(NC(=O)NC2CCC(C(=O)O)CC2)c1. The first-order valence-corrected chi connectivity index (χ1v) is 9.23. The lowest BCUT2D eigenvalue weighted by Crippen LogP contribution is -2.41. The standard InChI is InChI=1S/C17H21F3N2O3S/c1-10-2-7-14(26-9-17(18,19)20)13(8-10)22-16(25)21-12-5-3-11(4-6-12)15(23)24/h2,7-8,11-12H,3-6,9H2,1H3,(H,23,24)(H2,21,22,25). The van der Waals surface area contributed by atoms with E-state index in [-0.39, 0.29) is 12.0 Å². The van der Waals surface area contributed by atoms with E-state index in [9.17, 15) is 22.8 Å². The van der Waals surface area contributed by atoms with E-state index < -0.39 is 23.9 Å². The number of carbonyl (C=O) groups excluding carboxylic acids is 1. The van der Waals surface area contributed by atoms with Gasteiger partial charge in [-0.3, -0.25) is 4.79 Å². The molecule has 144 valence electrons. The van der Waals surface area contributed by atoms with Crippen molar-refractivity contribution < 1.29 is 27.9 Å². The zero-order valence-corrected chi connectivity index (χ0v) is 15.0. The molecule has 0 unspecified atom stereocenters. The molecule has 9 heteroatoms. The predicted octanol–water partition coefficient (Wildman–Crippen LogP) is 4.41. The van der Waals surface area contributed by atoms with Crippen LogP contribution >= 0.6 is 11.8 Å². The van der Waals surface area contributed by atoms with Crippen LogP contribution in [0.3, 0.4) is 0 Å². The quantitative estimate of drug-likeness (QED) is 0.651. The van der Waals surface area contributed by atoms with E-state index in [1.165, 1.54) is 0 Å². The fourth-order valence-electron chi connectivity index (χ4n) is 2.86. The molecule has 3 N–H and O–H groups in total. The average Bonchev–Trinajstić information content (AvgIpc) is 2.53. The minimum atomic E-state index is -4.29.